The number of aryl methyl sites for hydroxylation is 1. The van der Waals surface area contributed by atoms with Crippen LogP contribution in [0, 0.1) is 18.8 Å². The van der Waals surface area contributed by atoms with Gasteiger partial charge in [-0.25, -0.2) is 0 Å². The summed E-state index contributed by atoms with van der Waals surface area (Å²) in [6.45, 7) is 5.38. The molecule has 0 aliphatic carbocycles. The van der Waals surface area contributed by atoms with Gasteiger partial charge >= 0.3 is 5.97 Å². The number of esters is 1. The van der Waals surface area contributed by atoms with Crippen molar-refractivity contribution in [3.63, 3.8) is 0 Å². The van der Waals surface area contributed by atoms with Crippen LogP contribution in [0.3, 0.4) is 0 Å². The van der Waals surface area contributed by atoms with Crippen molar-refractivity contribution in [2.24, 2.45) is 11.8 Å². The summed E-state index contributed by atoms with van der Waals surface area (Å²) in [5.41, 5.74) is 2.79. The molecule has 1 fully saturated rings. The van der Waals surface area contributed by atoms with Crippen LogP contribution in [0.15, 0.2) is 48.5 Å². The van der Waals surface area contributed by atoms with Crippen LogP contribution in [-0.4, -0.2) is 36.7 Å². The molecule has 0 spiro atoms. The summed E-state index contributed by atoms with van der Waals surface area (Å²) in [6, 6.07) is 13.9. The number of ether oxygens (including phenoxy) is 1. The van der Waals surface area contributed by atoms with Crippen LogP contribution in [0.4, 0.5) is 11.4 Å². The number of Topliss-reactive ketones (excluding diaryl/α,β-unsaturated/α-hetero) is 1. The van der Waals surface area contributed by atoms with Gasteiger partial charge in [0.25, 0.3) is 0 Å². The molecule has 1 heterocycles. The lowest BCUT2D eigenvalue weighted by Gasteiger charge is -2.16. The Bertz CT molecular complexity index is 980. The third-order valence-corrected chi connectivity index (χ3v) is 5.15. The predicted octanol–water partition coefficient (Wildman–Crippen LogP) is 3.37. The van der Waals surface area contributed by atoms with Gasteiger partial charge in [0.15, 0.2) is 12.4 Å². The fraction of sp³-hybridized carbons (Fsp3) is 0.333. The van der Waals surface area contributed by atoms with Crippen LogP contribution in [0.5, 0.6) is 0 Å². The van der Waals surface area contributed by atoms with Gasteiger partial charge in [-0.05, 0) is 43.3 Å². The lowest BCUT2D eigenvalue weighted by Crippen LogP contribution is -2.27. The van der Waals surface area contributed by atoms with E-state index in [1.165, 1.54) is 0 Å². The third-order valence-electron chi connectivity index (χ3n) is 5.15. The monoisotopic (exact) mass is 422 g/mol. The molecule has 2 aromatic carbocycles. The lowest BCUT2D eigenvalue weighted by atomic mass is 10.1. The molecule has 2 amide bonds. The molecule has 1 aliphatic heterocycles. The minimum atomic E-state index is -0.602. The quantitative estimate of drug-likeness (QED) is 0.546. The minimum absolute atomic E-state index is 0.0607. The van der Waals surface area contributed by atoms with Crippen molar-refractivity contribution in [3.05, 3.63) is 59.7 Å². The number of rotatable bonds is 7. The first-order chi connectivity index (χ1) is 14.7. The number of carbonyl (C=O) groups is 4. The molecular formula is C24H26N2O5. The van der Waals surface area contributed by atoms with Crippen molar-refractivity contribution < 1.29 is 23.9 Å². The summed E-state index contributed by atoms with van der Waals surface area (Å²) >= 11 is 0. The van der Waals surface area contributed by atoms with Crippen molar-refractivity contribution in [1.29, 1.82) is 0 Å². The van der Waals surface area contributed by atoms with Crippen LogP contribution in [-0.2, 0) is 19.1 Å². The number of amides is 2. The maximum absolute atomic E-state index is 12.4. The van der Waals surface area contributed by atoms with E-state index in [9.17, 15) is 19.2 Å². The predicted molar refractivity (Wildman–Crippen MR) is 117 cm³/mol. The molecule has 162 valence electrons. The van der Waals surface area contributed by atoms with Gasteiger partial charge in [-0.1, -0.05) is 31.5 Å². The van der Waals surface area contributed by atoms with Crippen LogP contribution in [0.1, 0.15) is 36.2 Å². The van der Waals surface area contributed by atoms with E-state index in [0.717, 1.165) is 11.3 Å². The highest BCUT2D eigenvalue weighted by Gasteiger charge is 2.36. The zero-order chi connectivity index (χ0) is 22.5. The summed E-state index contributed by atoms with van der Waals surface area (Å²) in [4.78, 5) is 50.3. The SMILES string of the molecule is Cc1ccc(N2C[C@H](C(=O)OCC(=O)c3ccc(NC(=O)C(C)C)cc3)CC2=O)cc1. The Balaban J connectivity index is 1.52. The molecule has 0 unspecified atom stereocenters. The number of carbonyl (C=O) groups excluding carboxylic acids is 4. The number of nitrogens with zero attached hydrogens (tertiary/aromatic N) is 1. The number of hydrogen-bond donors (Lipinski definition) is 1. The van der Waals surface area contributed by atoms with Crippen LogP contribution in [0.25, 0.3) is 0 Å². The number of benzene rings is 2. The molecule has 0 saturated carbocycles. The fourth-order valence-electron chi connectivity index (χ4n) is 3.20. The first-order valence-electron chi connectivity index (χ1n) is 10.2. The maximum Gasteiger partial charge on any atom is 0.311 e. The number of anilines is 2. The number of nitrogens with one attached hydrogen (secondary N) is 1. The van der Waals surface area contributed by atoms with Gasteiger partial charge in [-0.15, -0.1) is 0 Å². The van der Waals surface area contributed by atoms with Crippen LogP contribution in [0.2, 0.25) is 0 Å². The fourth-order valence-corrected chi connectivity index (χ4v) is 3.20. The van der Waals surface area contributed by atoms with E-state index in [1.54, 1.807) is 43.0 Å². The Kier molecular flexibility index (Phi) is 6.84. The average Bonchev–Trinajstić information content (AvgIpc) is 3.14. The Hall–Kier alpha value is -3.48. The van der Waals surface area contributed by atoms with Crippen molar-refractivity contribution >= 4 is 34.9 Å². The van der Waals surface area contributed by atoms with Gasteiger partial charge in [-0.2, -0.15) is 0 Å². The van der Waals surface area contributed by atoms with Crippen LogP contribution < -0.4 is 10.2 Å². The summed E-state index contributed by atoms with van der Waals surface area (Å²) < 4.78 is 5.18. The smallest absolute Gasteiger partial charge is 0.311 e. The number of ketones is 1. The Labute approximate surface area is 181 Å². The molecule has 7 heteroatoms. The lowest BCUT2D eigenvalue weighted by molar-refractivity contribution is -0.147. The van der Waals surface area contributed by atoms with Crippen molar-refractivity contribution in [2.45, 2.75) is 27.2 Å². The Morgan fingerprint density at radius 1 is 1.06 bits per heavy atom. The summed E-state index contributed by atoms with van der Waals surface area (Å²) in [5, 5.41) is 2.75. The van der Waals surface area contributed by atoms with Crippen LogP contribution >= 0.6 is 0 Å². The summed E-state index contributed by atoms with van der Waals surface area (Å²) in [5.74, 6) is -1.91. The maximum atomic E-state index is 12.4. The summed E-state index contributed by atoms with van der Waals surface area (Å²) in [6.07, 6.45) is 0.0607. The standard InChI is InChI=1S/C24H26N2O5/c1-15(2)23(29)25-19-8-6-17(7-9-19)21(27)14-31-24(30)18-12-22(28)26(13-18)20-10-4-16(3)5-11-20/h4-11,15,18H,12-14H2,1-3H3,(H,25,29)/t18-/m1/s1. The van der Waals surface area contributed by atoms with Gasteiger partial charge in [0, 0.05) is 35.8 Å². The topological polar surface area (TPSA) is 92.8 Å². The second-order valence-electron chi connectivity index (χ2n) is 7.99. The highest BCUT2D eigenvalue weighted by molar-refractivity contribution is 6.01. The molecule has 1 atom stereocenters. The van der Waals surface area contributed by atoms with Crippen molar-refractivity contribution in [1.82, 2.24) is 0 Å². The third kappa shape index (κ3) is 5.57. The first kappa shape index (κ1) is 22.2. The molecule has 0 aromatic heterocycles. The van der Waals surface area contributed by atoms with Gasteiger partial charge in [-0.3, -0.25) is 19.2 Å². The van der Waals surface area contributed by atoms with E-state index >= 15 is 0 Å². The Morgan fingerprint density at radius 2 is 1.71 bits per heavy atom. The zero-order valence-electron chi connectivity index (χ0n) is 17.9. The van der Waals surface area contributed by atoms with Gasteiger partial charge in [0.1, 0.15) is 0 Å². The second kappa shape index (κ2) is 9.55. The molecule has 1 aliphatic rings. The molecule has 1 N–H and O–H groups in total. The molecule has 31 heavy (non-hydrogen) atoms. The van der Waals surface area contributed by atoms with Gasteiger partial charge < -0.3 is 15.0 Å². The van der Waals surface area contributed by atoms with E-state index < -0.39 is 18.5 Å². The minimum Gasteiger partial charge on any atom is -0.457 e. The molecule has 0 bridgehead atoms. The molecule has 2 aromatic rings. The average molecular weight is 422 g/mol. The largest absolute Gasteiger partial charge is 0.457 e. The Morgan fingerprint density at radius 3 is 2.32 bits per heavy atom. The van der Waals surface area contributed by atoms with E-state index in [2.05, 4.69) is 5.32 Å². The molecule has 3 rings (SSSR count). The molecular weight excluding hydrogens is 396 g/mol. The normalized spacial score (nSPS) is 15.8. The zero-order valence-corrected chi connectivity index (χ0v) is 17.9. The number of hydrogen-bond acceptors (Lipinski definition) is 5. The second-order valence-corrected chi connectivity index (χ2v) is 7.99. The van der Waals surface area contributed by atoms with Gasteiger partial charge in [0.05, 0.1) is 5.92 Å². The van der Waals surface area contributed by atoms with Crippen molar-refractivity contribution in [2.75, 3.05) is 23.4 Å². The molecule has 0 radical (unpaired) electrons. The van der Waals surface area contributed by atoms with E-state index in [1.807, 2.05) is 31.2 Å². The molecule has 7 nitrogen and oxygen atoms in total. The highest BCUT2D eigenvalue weighted by Crippen LogP contribution is 2.26. The van der Waals surface area contributed by atoms with Gasteiger partial charge in [0.2, 0.25) is 11.8 Å². The summed E-state index contributed by atoms with van der Waals surface area (Å²) in [7, 11) is 0. The van der Waals surface area contributed by atoms with E-state index in [-0.39, 0.29) is 36.5 Å². The van der Waals surface area contributed by atoms with Crippen molar-refractivity contribution in [3.8, 4) is 0 Å². The van der Waals surface area contributed by atoms with E-state index in [0.29, 0.717) is 11.3 Å². The first-order valence-corrected chi connectivity index (χ1v) is 10.2. The van der Waals surface area contributed by atoms with E-state index in [4.69, 9.17) is 4.74 Å². The highest BCUT2D eigenvalue weighted by atomic mass is 16.5. The molecule has 1 saturated heterocycles.